The molecule has 0 unspecified atom stereocenters. The van der Waals surface area contributed by atoms with Crippen molar-refractivity contribution in [2.24, 2.45) is 0 Å². The number of fused-ring (bicyclic) bond motifs is 1. The number of amides is 1. The van der Waals surface area contributed by atoms with E-state index in [0.717, 1.165) is 11.6 Å². The molecule has 0 bridgehead atoms. The zero-order chi connectivity index (χ0) is 17.9. The second kappa shape index (κ2) is 6.90. The first kappa shape index (κ1) is 16.9. The molecule has 1 N–H and O–H groups in total. The molecule has 0 aliphatic rings. The van der Waals surface area contributed by atoms with Crippen molar-refractivity contribution in [1.29, 1.82) is 0 Å². The Kier molecular flexibility index (Phi) is 4.67. The quantitative estimate of drug-likeness (QED) is 0.707. The first-order valence-corrected chi connectivity index (χ1v) is 8.77. The molecule has 5 nitrogen and oxygen atoms in total. The van der Waals surface area contributed by atoms with Gasteiger partial charge in [0.2, 0.25) is 0 Å². The van der Waals surface area contributed by atoms with E-state index in [0.29, 0.717) is 16.5 Å². The molecule has 0 aromatic heterocycles. The number of rotatable bonds is 4. The number of anilines is 1. The molecule has 0 fully saturated rings. The van der Waals surface area contributed by atoms with Gasteiger partial charge in [0.05, 0.1) is 10.6 Å². The lowest BCUT2D eigenvalue weighted by Crippen LogP contribution is -2.13. The summed E-state index contributed by atoms with van der Waals surface area (Å²) in [5.74, 6) is 0. The normalized spacial score (nSPS) is 11.2. The highest BCUT2D eigenvalue weighted by atomic mass is 32.3. The summed E-state index contributed by atoms with van der Waals surface area (Å²) in [6.45, 7) is 0.127. The summed E-state index contributed by atoms with van der Waals surface area (Å²) >= 11 is 0. The predicted molar refractivity (Wildman–Crippen MR) is 92.5 cm³/mol. The lowest BCUT2D eigenvalue weighted by molar-refractivity contribution is 0.155. The summed E-state index contributed by atoms with van der Waals surface area (Å²) in [5.41, 5.74) is 1.30. The minimum absolute atomic E-state index is 0.127. The third-order valence-corrected chi connectivity index (χ3v) is 4.40. The molecule has 25 heavy (non-hydrogen) atoms. The summed E-state index contributed by atoms with van der Waals surface area (Å²) in [6.07, 6.45) is -0.640. The molecule has 0 atom stereocenters. The van der Waals surface area contributed by atoms with Crippen molar-refractivity contribution in [3.8, 4) is 0 Å². The lowest BCUT2D eigenvalue weighted by Gasteiger charge is -2.10. The Morgan fingerprint density at radius 3 is 2.48 bits per heavy atom. The minimum Gasteiger partial charge on any atom is -0.444 e. The molecule has 1 amide bonds. The van der Waals surface area contributed by atoms with Gasteiger partial charge in [0.15, 0.2) is 0 Å². The minimum atomic E-state index is -4.78. The van der Waals surface area contributed by atoms with Gasteiger partial charge in [-0.1, -0.05) is 48.5 Å². The maximum atomic E-state index is 13.1. The van der Waals surface area contributed by atoms with Gasteiger partial charge >= 0.3 is 16.3 Å². The van der Waals surface area contributed by atoms with E-state index in [1.807, 2.05) is 30.3 Å². The van der Waals surface area contributed by atoms with Crippen LogP contribution in [0.25, 0.3) is 10.8 Å². The van der Waals surface area contributed by atoms with Crippen LogP contribution in [0.2, 0.25) is 0 Å². The molecule has 0 aliphatic heterocycles. The van der Waals surface area contributed by atoms with Gasteiger partial charge < -0.3 is 4.74 Å². The van der Waals surface area contributed by atoms with E-state index in [2.05, 4.69) is 5.32 Å². The average Bonchev–Trinajstić information content (AvgIpc) is 2.60. The van der Waals surface area contributed by atoms with Crippen LogP contribution in [0.15, 0.2) is 71.6 Å². The molecule has 128 valence electrons. The Morgan fingerprint density at radius 2 is 1.76 bits per heavy atom. The monoisotopic (exact) mass is 359 g/mol. The van der Waals surface area contributed by atoms with Crippen molar-refractivity contribution in [2.45, 2.75) is 11.5 Å². The molecule has 0 saturated heterocycles. The molecule has 0 radical (unpaired) electrons. The maximum Gasteiger partial charge on any atom is 0.411 e. The number of carbonyl (C=O) groups is 1. The summed E-state index contributed by atoms with van der Waals surface area (Å²) in [5, 5.41) is 3.67. The van der Waals surface area contributed by atoms with Crippen LogP contribution < -0.4 is 5.32 Å². The van der Waals surface area contributed by atoms with Crippen LogP contribution in [0.3, 0.4) is 0 Å². The first-order chi connectivity index (χ1) is 11.9. The highest BCUT2D eigenvalue weighted by Gasteiger charge is 2.14. The fourth-order valence-electron chi connectivity index (χ4n) is 2.39. The van der Waals surface area contributed by atoms with E-state index in [4.69, 9.17) is 4.74 Å². The molecule has 7 heteroatoms. The van der Waals surface area contributed by atoms with Crippen molar-refractivity contribution in [2.75, 3.05) is 5.32 Å². The lowest BCUT2D eigenvalue weighted by atomic mass is 10.1. The fraction of sp³-hybridized carbons (Fsp3) is 0.0556. The molecule has 0 spiro atoms. The van der Waals surface area contributed by atoms with E-state index in [9.17, 15) is 17.1 Å². The van der Waals surface area contributed by atoms with Crippen molar-refractivity contribution < 1.29 is 21.8 Å². The zero-order valence-corrected chi connectivity index (χ0v) is 13.8. The van der Waals surface area contributed by atoms with Crippen molar-refractivity contribution >= 4 is 32.8 Å². The third-order valence-electron chi connectivity index (χ3n) is 3.58. The molecular weight excluding hydrogens is 345 g/mol. The number of hydrogen-bond acceptors (Lipinski definition) is 4. The van der Waals surface area contributed by atoms with Crippen molar-refractivity contribution in [3.05, 3.63) is 72.3 Å². The Labute approximate surface area is 144 Å². The second-order valence-corrected chi connectivity index (χ2v) is 6.66. The van der Waals surface area contributed by atoms with E-state index in [-0.39, 0.29) is 6.61 Å². The Bertz CT molecular complexity index is 1020. The van der Waals surface area contributed by atoms with Gasteiger partial charge in [-0.3, -0.25) is 5.32 Å². The van der Waals surface area contributed by atoms with Gasteiger partial charge in [-0.2, -0.15) is 8.42 Å². The molecule has 3 aromatic rings. The van der Waals surface area contributed by atoms with Crippen LogP contribution in [0.1, 0.15) is 5.56 Å². The van der Waals surface area contributed by atoms with E-state index >= 15 is 0 Å². The van der Waals surface area contributed by atoms with E-state index in [1.54, 1.807) is 18.2 Å². The summed E-state index contributed by atoms with van der Waals surface area (Å²) in [4.78, 5) is 11.5. The van der Waals surface area contributed by atoms with Gasteiger partial charge in [-0.25, -0.2) is 4.79 Å². The van der Waals surface area contributed by atoms with Gasteiger partial charge in [-0.05, 0) is 29.1 Å². The predicted octanol–water partition coefficient (Wildman–Crippen LogP) is 4.25. The maximum absolute atomic E-state index is 13.1. The van der Waals surface area contributed by atoms with Gasteiger partial charge in [0, 0.05) is 5.39 Å². The largest absolute Gasteiger partial charge is 0.444 e. The second-order valence-electron chi connectivity index (χ2n) is 5.31. The van der Waals surface area contributed by atoms with Crippen molar-refractivity contribution in [1.82, 2.24) is 0 Å². The van der Waals surface area contributed by atoms with Crippen LogP contribution in [-0.2, 0) is 21.6 Å². The number of hydrogen-bond donors (Lipinski definition) is 1. The SMILES string of the molecule is O=C(Nc1cccc2cc(S(=O)(=O)F)ccc12)OCc1ccccc1. The number of nitrogens with one attached hydrogen (secondary N) is 1. The van der Waals surface area contributed by atoms with E-state index < -0.39 is 21.2 Å². The zero-order valence-electron chi connectivity index (χ0n) is 13.0. The molecule has 0 aliphatic carbocycles. The number of carbonyl (C=O) groups excluding carboxylic acids is 1. The molecule has 3 rings (SSSR count). The van der Waals surface area contributed by atoms with Crippen molar-refractivity contribution in [3.63, 3.8) is 0 Å². The molecule has 0 saturated carbocycles. The highest BCUT2D eigenvalue weighted by Crippen LogP contribution is 2.26. The van der Waals surface area contributed by atoms with Gasteiger partial charge in [-0.15, -0.1) is 3.89 Å². The van der Waals surface area contributed by atoms with Gasteiger partial charge in [0.25, 0.3) is 0 Å². The average molecular weight is 359 g/mol. The highest BCUT2D eigenvalue weighted by molar-refractivity contribution is 7.86. The summed E-state index contributed by atoms with van der Waals surface area (Å²) in [7, 11) is -4.78. The Hall–Kier alpha value is -2.93. The van der Waals surface area contributed by atoms with Crippen LogP contribution in [0, 0.1) is 0 Å². The van der Waals surface area contributed by atoms with Crippen LogP contribution >= 0.6 is 0 Å². The number of halogens is 1. The molecular formula is C18H14FNO4S. The Balaban J connectivity index is 1.78. The number of benzene rings is 3. The smallest absolute Gasteiger partial charge is 0.411 e. The van der Waals surface area contributed by atoms with E-state index in [1.165, 1.54) is 12.1 Å². The third kappa shape index (κ3) is 4.13. The fourth-order valence-corrected chi connectivity index (χ4v) is 2.89. The number of ether oxygens (including phenoxy) is 1. The standard InChI is InChI=1S/C18H14FNO4S/c19-25(22,23)15-9-10-16-14(11-15)7-4-8-17(16)20-18(21)24-12-13-5-2-1-3-6-13/h1-11H,12H2,(H,20,21). The van der Waals surface area contributed by atoms with Crippen LogP contribution in [0.5, 0.6) is 0 Å². The first-order valence-electron chi connectivity index (χ1n) is 7.38. The Morgan fingerprint density at radius 1 is 1.00 bits per heavy atom. The molecule has 3 aromatic carbocycles. The van der Waals surface area contributed by atoms with Crippen LogP contribution in [-0.4, -0.2) is 14.5 Å². The summed E-state index contributed by atoms with van der Waals surface area (Å²) in [6, 6.07) is 17.9. The van der Waals surface area contributed by atoms with Crippen LogP contribution in [0.4, 0.5) is 14.4 Å². The molecule has 0 heterocycles. The summed E-state index contributed by atoms with van der Waals surface area (Å²) < 4.78 is 40.3. The van der Waals surface area contributed by atoms with Gasteiger partial charge in [0.1, 0.15) is 6.61 Å². The topological polar surface area (TPSA) is 72.5 Å².